The second-order valence-corrected chi connectivity index (χ2v) is 13.4. The number of alkyl carbamates (subject to hydrolysis) is 1. The van der Waals surface area contributed by atoms with Gasteiger partial charge in [-0.2, -0.15) is 0 Å². The van der Waals surface area contributed by atoms with Crippen molar-refractivity contribution in [1.82, 2.24) is 10.6 Å². The van der Waals surface area contributed by atoms with Crippen LogP contribution in [0.3, 0.4) is 0 Å². The molecule has 1 aliphatic carbocycles. The number of nitrogens with one attached hydrogen (secondary N) is 2. The molecule has 5 aromatic carbocycles. The van der Waals surface area contributed by atoms with E-state index >= 15 is 0 Å². The summed E-state index contributed by atoms with van der Waals surface area (Å²) in [7, 11) is 0. The van der Waals surface area contributed by atoms with E-state index in [1.165, 1.54) is 6.92 Å². The first-order valence-corrected chi connectivity index (χ1v) is 17.6. The Morgan fingerprint density at radius 3 is 1.55 bits per heavy atom. The number of hydrogen-bond donors (Lipinski definition) is 2. The molecule has 0 heterocycles. The Morgan fingerprint density at radius 2 is 1.10 bits per heavy atom. The fourth-order valence-corrected chi connectivity index (χ4v) is 8.29. The first-order valence-electron chi connectivity index (χ1n) is 16.6. The summed E-state index contributed by atoms with van der Waals surface area (Å²) in [4.78, 5) is 39.7. The second kappa shape index (κ2) is 15.4. The van der Waals surface area contributed by atoms with Crippen LogP contribution in [0.15, 0.2) is 140 Å². The van der Waals surface area contributed by atoms with E-state index in [9.17, 15) is 14.4 Å². The molecule has 0 fully saturated rings. The lowest BCUT2D eigenvalue weighted by atomic mass is 9.84. The topological polar surface area (TPSA) is 84.5 Å². The summed E-state index contributed by atoms with van der Waals surface area (Å²) in [6, 6.07) is 45.3. The van der Waals surface area contributed by atoms with E-state index in [1.807, 2.05) is 85.8 Å². The molecule has 2 N–H and O–H groups in total. The molecular weight excluding hydrogens is 629 g/mol. The minimum Gasteiger partial charge on any atom is -0.449 e. The first kappa shape index (κ1) is 33.7. The van der Waals surface area contributed by atoms with Crippen molar-refractivity contribution >= 4 is 29.5 Å². The van der Waals surface area contributed by atoms with Crippen LogP contribution in [-0.2, 0) is 19.1 Å². The van der Waals surface area contributed by atoms with Gasteiger partial charge < -0.3 is 15.4 Å². The SMILES string of the molecule is CC[C@H](NC(=O)OCC1c2ccccc2-c2ccccc21)C(=O)N[C@@H](CSC(c1ccccc1)(c1ccccc1)c1ccccc1)C(C)=O. The molecule has 0 bridgehead atoms. The molecule has 7 heteroatoms. The van der Waals surface area contributed by atoms with Crippen molar-refractivity contribution in [1.29, 1.82) is 0 Å². The van der Waals surface area contributed by atoms with E-state index in [1.54, 1.807) is 11.8 Å². The Bertz CT molecular complexity index is 1760. The Hall–Kier alpha value is -5.14. The van der Waals surface area contributed by atoms with Crippen molar-refractivity contribution in [2.24, 2.45) is 0 Å². The van der Waals surface area contributed by atoms with Gasteiger partial charge in [0.15, 0.2) is 5.78 Å². The van der Waals surface area contributed by atoms with Gasteiger partial charge in [0.05, 0.1) is 10.8 Å². The van der Waals surface area contributed by atoms with Crippen LogP contribution in [0.4, 0.5) is 4.79 Å². The zero-order valence-electron chi connectivity index (χ0n) is 27.7. The molecule has 0 aliphatic heterocycles. The Labute approximate surface area is 292 Å². The van der Waals surface area contributed by atoms with Gasteiger partial charge in [0, 0.05) is 11.7 Å². The molecule has 0 aromatic heterocycles. The predicted octanol–water partition coefficient (Wildman–Crippen LogP) is 8.10. The minimum absolute atomic E-state index is 0.0923. The van der Waals surface area contributed by atoms with Crippen LogP contribution in [-0.4, -0.2) is 42.2 Å². The van der Waals surface area contributed by atoms with Crippen molar-refractivity contribution in [2.75, 3.05) is 12.4 Å². The molecule has 5 aromatic rings. The summed E-state index contributed by atoms with van der Waals surface area (Å²) in [5.74, 6) is -0.382. The van der Waals surface area contributed by atoms with E-state index in [2.05, 4.69) is 71.3 Å². The quantitative estimate of drug-likeness (QED) is 0.124. The van der Waals surface area contributed by atoms with Crippen LogP contribution in [0.1, 0.15) is 54.0 Å². The lowest BCUT2D eigenvalue weighted by molar-refractivity contribution is -0.127. The van der Waals surface area contributed by atoms with Crippen LogP contribution in [0, 0.1) is 0 Å². The Morgan fingerprint density at radius 1 is 0.653 bits per heavy atom. The molecule has 0 saturated carbocycles. The summed E-state index contributed by atoms with van der Waals surface area (Å²) in [5.41, 5.74) is 7.70. The fraction of sp³-hybridized carbons (Fsp3) is 0.214. The molecule has 0 spiro atoms. The number of benzene rings is 5. The lowest BCUT2D eigenvalue weighted by Crippen LogP contribution is -2.52. The van der Waals surface area contributed by atoms with Gasteiger partial charge in [-0.05, 0) is 52.3 Å². The highest BCUT2D eigenvalue weighted by Crippen LogP contribution is 2.49. The first-order chi connectivity index (χ1) is 23.9. The number of hydrogen-bond acceptors (Lipinski definition) is 5. The maximum Gasteiger partial charge on any atom is 0.407 e. The van der Waals surface area contributed by atoms with Crippen LogP contribution in [0.5, 0.6) is 0 Å². The molecule has 0 radical (unpaired) electrons. The van der Waals surface area contributed by atoms with E-state index in [4.69, 9.17) is 4.74 Å². The molecule has 248 valence electrons. The average Bonchev–Trinajstić information content (AvgIpc) is 3.47. The molecule has 2 amide bonds. The zero-order chi connectivity index (χ0) is 34.2. The van der Waals surface area contributed by atoms with Crippen molar-refractivity contribution in [3.05, 3.63) is 167 Å². The van der Waals surface area contributed by atoms with Crippen molar-refractivity contribution < 1.29 is 19.1 Å². The maximum atomic E-state index is 13.6. The molecule has 1 aliphatic rings. The summed E-state index contributed by atoms with van der Waals surface area (Å²) in [6.45, 7) is 3.45. The van der Waals surface area contributed by atoms with Gasteiger partial charge in [-0.25, -0.2) is 4.79 Å². The normalized spacial score (nSPS) is 13.4. The average molecular weight is 669 g/mol. The molecule has 0 saturated heterocycles. The third-order valence-electron chi connectivity index (χ3n) is 9.18. The molecule has 0 unspecified atom stereocenters. The summed E-state index contributed by atoms with van der Waals surface area (Å²) >= 11 is 1.60. The van der Waals surface area contributed by atoms with Crippen molar-refractivity contribution in [3.8, 4) is 11.1 Å². The van der Waals surface area contributed by atoms with Gasteiger partial charge >= 0.3 is 6.09 Å². The van der Waals surface area contributed by atoms with Gasteiger partial charge in [-0.1, -0.05) is 146 Å². The van der Waals surface area contributed by atoms with E-state index < -0.39 is 28.8 Å². The number of carbonyl (C=O) groups excluding carboxylic acids is 3. The Balaban J connectivity index is 1.16. The molecule has 2 atom stereocenters. The smallest absolute Gasteiger partial charge is 0.407 e. The van der Waals surface area contributed by atoms with Crippen LogP contribution < -0.4 is 10.6 Å². The number of ketones is 1. The number of carbonyl (C=O) groups is 3. The highest BCUT2D eigenvalue weighted by atomic mass is 32.2. The molecule has 49 heavy (non-hydrogen) atoms. The van der Waals surface area contributed by atoms with Crippen LogP contribution >= 0.6 is 11.8 Å². The third-order valence-corrected chi connectivity index (χ3v) is 10.8. The van der Waals surface area contributed by atoms with Crippen LogP contribution in [0.25, 0.3) is 11.1 Å². The number of fused-ring (bicyclic) bond motifs is 3. The molecule has 6 nitrogen and oxygen atoms in total. The van der Waals surface area contributed by atoms with Gasteiger partial charge in [-0.15, -0.1) is 11.8 Å². The number of thioether (sulfide) groups is 1. The Kier molecular flexibility index (Phi) is 10.6. The van der Waals surface area contributed by atoms with Gasteiger partial charge in [0.1, 0.15) is 12.6 Å². The van der Waals surface area contributed by atoms with E-state index in [0.717, 1.165) is 38.9 Å². The number of Topliss-reactive ketones (excluding diaryl/α,β-unsaturated/α-hetero) is 1. The van der Waals surface area contributed by atoms with E-state index in [-0.39, 0.29) is 18.3 Å². The third kappa shape index (κ3) is 7.18. The highest BCUT2D eigenvalue weighted by molar-refractivity contribution is 8.00. The maximum absolute atomic E-state index is 13.6. The minimum atomic E-state index is -0.871. The lowest BCUT2D eigenvalue weighted by Gasteiger charge is -2.36. The fourth-order valence-electron chi connectivity index (χ4n) is 6.65. The highest BCUT2D eigenvalue weighted by Gasteiger charge is 2.38. The standard InChI is InChI=1S/C42H40N2O4S/c1-3-38(44-41(47)48-27-37-35-25-15-13-23-33(35)34-24-14-16-26-36(34)37)40(46)43-39(29(2)45)28-49-42(30-17-7-4-8-18-30,31-19-9-5-10-20-31)32-21-11-6-12-22-32/h4-26,37-39H,3,27-28H2,1-2H3,(H,43,46)(H,44,47)/t38-,39-/m0/s1. The summed E-state index contributed by atoms with van der Waals surface area (Å²) < 4.78 is 5.07. The van der Waals surface area contributed by atoms with Gasteiger partial charge in [0.2, 0.25) is 5.91 Å². The van der Waals surface area contributed by atoms with Gasteiger partial charge in [0.25, 0.3) is 0 Å². The van der Waals surface area contributed by atoms with Crippen molar-refractivity contribution in [2.45, 2.75) is 43.0 Å². The number of rotatable bonds is 13. The summed E-state index contributed by atoms with van der Waals surface area (Å²) in [5, 5.41) is 5.68. The molecular formula is C42H40N2O4S. The van der Waals surface area contributed by atoms with E-state index in [0.29, 0.717) is 12.2 Å². The van der Waals surface area contributed by atoms with Crippen LogP contribution in [0.2, 0.25) is 0 Å². The van der Waals surface area contributed by atoms with Crippen molar-refractivity contribution in [3.63, 3.8) is 0 Å². The summed E-state index contributed by atoms with van der Waals surface area (Å²) in [6.07, 6.45) is -0.343. The molecule has 6 rings (SSSR count). The second-order valence-electron chi connectivity index (χ2n) is 12.2. The van der Waals surface area contributed by atoms with Gasteiger partial charge in [-0.3, -0.25) is 9.59 Å². The monoisotopic (exact) mass is 668 g/mol. The largest absolute Gasteiger partial charge is 0.449 e. The number of ether oxygens (including phenoxy) is 1. The zero-order valence-corrected chi connectivity index (χ0v) is 28.5. The predicted molar refractivity (Wildman–Crippen MR) is 197 cm³/mol. The number of amides is 2.